The fourth-order valence-electron chi connectivity index (χ4n) is 2.64. The van der Waals surface area contributed by atoms with E-state index in [1.54, 1.807) is 12.1 Å². The number of nitrogens with one attached hydrogen (secondary N) is 1. The van der Waals surface area contributed by atoms with Crippen molar-refractivity contribution < 1.29 is 9.13 Å². The van der Waals surface area contributed by atoms with Gasteiger partial charge in [-0.2, -0.15) is 4.98 Å². The predicted molar refractivity (Wildman–Crippen MR) is 95.1 cm³/mol. The summed E-state index contributed by atoms with van der Waals surface area (Å²) in [6.45, 7) is 3.30. The molecule has 1 aliphatic rings. The van der Waals surface area contributed by atoms with E-state index in [4.69, 9.17) is 4.74 Å². The molecule has 6 heteroatoms. The van der Waals surface area contributed by atoms with E-state index in [2.05, 4.69) is 20.3 Å². The highest BCUT2D eigenvalue weighted by Gasteiger charge is 2.21. The van der Waals surface area contributed by atoms with Gasteiger partial charge in [0.2, 0.25) is 11.8 Å². The first-order valence-electron chi connectivity index (χ1n) is 8.54. The molecule has 0 radical (unpaired) electrons. The molecule has 25 heavy (non-hydrogen) atoms. The monoisotopic (exact) mass is 338 g/mol. The van der Waals surface area contributed by atoms with Crippen LogP contribution in [0.3, 0.4) is 0 Å². The first-order chi connectivity index (χ1) is 12.2. The minimum absolute atomic E-state index is 0.269. The van der Waals surface area contributed by atoms with Gasteiger partial charge in [-0.3, -0.25) is 0 Å². The fraction of sp³-hybridized carbons (Fsp3) is 0.316. The molecule has 0 atom stereocenters. The quantitative estimate of drug-likeness (QED) is 0.735. The Hall–Kier alpha value is -2.76. The van der Waals surface area contributed by atoms with Crippen molar-refractivity contribution in [3.63, 3.8) is 0 Å². The third-order valence-corrected chi connectivity index (χ3v) is 4.18. The zero-order valence-electron chi connectivity index (χ0n) is 14.0. The molecule has 0 spiro atoms. The predicted octanol–water partition coefficient (Wildman–Crippen LogP) is 4.05. The van der Waals surface area contributed by atoms with Crippen LogP contribution in [0.2, 0.25) is 0 Å². The Morgan fingerprint density at radius 3 is 2.60 bits per heavy atom. The highest BCUT2D eigenvalue weighted by molar-refractivity contribution is 5.83. The van der Waals surface area contributed by atoms with Gasteiger partial charge in [0.05, 0.1) is 17.8 Å². The second-order valence-electron chi connectivity index (χ2n) is 6.18. The minimum Gasteiger partial charge on any atom is -0.476 e. The Labute approximate surface area is 145 Å². The molecule has 1 fully saturated rings. The summed E-state index contributed by atoms with van der Waals surface area (Å²) >= 11 is 0. The smallest absolute Gasteiger partial charge is 0.245 e. The highest BCUT2D eigenvalue weighted by atomic mass is 19.1. The molecule has 0 aliphatic heterocycles. The molecule has 1 saturated carbocycles. The van der Waals surface area contributed by atoms with Crippen LogP contribution in [-0.2, 0) is 0 Å². The van der Waals surface area contributed by atoms with Gasteiger partial charge < -0.3 is 10.1 Å². The molecular formula is C19H19FN4O. The number of ether oxygens (including phenoxy) is 1. The third kappa shape index (κ3) is 3.52. The van der Waals surface area contributed by atoms with Crippen LogP contribution in [0.1, 0.15) is 19.8 Å². The van der Waals surface area contributed by atoms with E-state index in [0.29, 0.717) is 24.0 Å². The van der Waals surface area contributed by atoms with Crippen LogP contribution in [0.25, 0.3) is 22.3 Å². The average molecular weight is 338 g/mol. The Morgan fingerprint density at radius 2 is 1.88 bits per heavy atom. The van der Waals surface area contributed by atoms with Crippen LogP contribution in [0.4, 0.5) is 10.3 Å². The number of benzene rings is 1. The lowest BCUT2D eigenvalue weighted by Crippen LogP contribution is -2.09. The summed E-state index contributed by atoms with van der Waals surface area (Å²) in [6, 6.07) is 10.0. The highest BCUT2D eigenvalue weighted by Crippen LogP contribution is 2.30. The molecule has 3 aromatic rings. The molecule has 5 nitrogen and oxygen atoms in total. The van der Waals surface area contributed by atoms with Crippen LogP contribution in [0.5, 0.6) is 5.88 Å². The summed E-state index contributed by atoms with van der Waals surface area (Å²) in [5, 5.41) is 3.28. The fourth-order valence-corrected chi connectivity index (χ4v) is 2.64. The number of aromatic nitrogens is 3. The maximum atomic E-state index is 13.1. The van der Waals surface area contributed by atoms with Crippen LogP contribution in [-0.4, -0.2) is 28.1 Å². The average Bonchev–Trinajstić information content (AvgIpc) is 3.45. The zero-order chi connectivity index (χ0) is 17.2. The second kappa shape index (κ2) is 6.63. The normalized spacial score (nSPS) is 13.8. The van der Waals surface area contributed by atoms with Gasteiger partial charge >= 0.3 is 0 Å². The lowest BCUT2D eigenvalue weighted by atomic mass is 10.1. The van der Waals surface area contributed by atoms with E-state index < -0.39 is 0 Å². The number of hydrogen-bond donors (Lipinski definition) is 1. The van der Waals surface area contributed by atoms with Gasteiger partial charge in [0.1, 0.15) is 5.82 Å². The van der Waals surface area contributed by atoms with Gasteiger partial charge in [0, 0.05) is 12.1 Å². The maximum Gasteiger partial charge on any atom is 0.245 e. The van der Waals surface area contributed by atoms with Crippen LogP contribution in [0, 0.1) is 11.7 Å². The number of hydrogen-bond acceptors (Lipinski definition) is 5. The summed E-state index contributed by atoms with van der Waals surface area (Å²) < 4.78 is 18.8. The van der Waals surface area contributed by atoms with Gasteiger partial charge in [-0.1, -0.05) is 0 Å². The van der Waals surface area contributed by atoms with Crippen LogP contribution >= 0.6 is 0 Å². The van der Waals surface area contributed by atoms with Gasteiger partial charge in [-0.25, -0.2) is 14.4 Å². The van der Waals surface area contributed by atoms with Crippen molar-refractivity contribution in [2.24, 2.45) is 5.92 Å². The van der Waals surface area contributed by atoms with E-state index >= 15 is 0 Å². The molecule has 1 aliphatic carbocycles. The number of anilines is 1. The van der Waals surface area contributed by atoms with Crippen molar-refractivity contribution in [2.45, 2.75) is 19.8 Å². The zero-order valence-corrected chi connectivity index (χ0v) is 14.0. The molecule has 0 saturated heterocycles. The molecular weight excluding hydrogens is 319 g/mol. The standard InChI is InChI=1S/C19H19FN4O/c1-2-25-18-17-16(23-19(24-18)21-11-12-3-4-12)10-9-15(22-17)13-5-7-14(20)8-6-13/h5-10,12H,2-4,11H2,1H3,(H,21,23,24). The summed E-state index contributed by atoms with van der Waals surface area (Å²) in [7, 11) is 0. The van der Waals surface area contributed by atoms with Crippen molar-refractivity contribution in [2.75, 3.05) is 18.5 Å². The molecule has 1 aromatic carbocycles. The van der Waals surface area contributed by atoms with Gasteiger partial charge in [-0.05, 0) is 62.1 Å². The van der Waals surface area contributed by atoms with E-state index in [1.165, 1.54) is 25.0 Å². The summed E-state index contributed by atoms with van der Waals surface area (Å²) in [4.78, 5) is 13.7. The summed E-state index contributed by atoms with van der Waals surface area (Å²) in [6.07, 6.45) is 2.53. The number of nitrogens with zero attached hydrogens (tertiary/aromatic N) is 3. The van der Waals surface area contributed by atoms with Crippen molar-refractivity contribution in [1.29, 1.82) is 0 Å². The summed E-state index contributed by atoms with van der Waals surface area (Å²) in [5.41, 5.74) is 2.90. The van der Waals surface area contributed by atoms with Gasteiger partial charge in [-0.15, -0.1) is 0 Å². The molecule has 1 N–H and O–H groups in total. The number of halogens is 1. The van der Waals surface area contributed by atoms with E-state index in [1.807, 2.05) is 19.1 Å². The van der Waals surface area contributed by atoms with E-state index in [9.17, 15) is 4.39 Å². The lowest BCUT2D eigenvalue weighted by Gasteiger charge is -2.10. The number of rotatable bonds is 6. The van der Waals surface area contributed by atoms with Gasteiger partial charge in [0.25, 0.3) is 0 Å². The molecule has 0 amide bonds. The van der Waals surface area contributed by atoms with Crippen molar-refractivity contribution in [3.8, 4) is 17.1 Å². The van der Waals surface area contributed by atoms with E-state index in [0.717, 1.165) is 29.2 Å². The maximum absolute atomic E-state index is 13.1. The first kappa shape index (κ1) is 15.7. The van der Waals surface area contributed by atoms with Crippen molar-refractivity contribution in [1.82, 2.24) is 15.0 Å². The molecule has 2 aromatic heterocycles. The van der Waals surface area contributed by atoms with Crippen molar-refractivity contribution >= 4 is 17.0 Å². The second-order valence-corrected chi connectivity index (χ2v) is 6.18. The van der Waals surface area contributed by atoms with Crippen molar-refractivity contribution in [3.05, 3.63) is 42.2 Å². The molecule has 128 valence electrons. The Kier molecular flexibility index (Phi) is 4.17. The van der Waals surface area contributed by atoms with Crippen LogP contribution in [0.15, 0.2) is 36.4 Å². The minimum atomic E-state index is -0.269. The Bertz CT molecular complexity index is 894. The largest absolute Gasteiger partial charge is 0.476 e. The molecule has 0 unspecified atom stereocenters. The molecule has 0 bridgehead atoms. The Balaban J connectivity index is 1.72. The number of pyridine rings is 1. The summed E-state index contributed by atoms with van der Waals surface area (Å²) in [5.74, 6) is 1.50. The van der Waals surface area contributed by atoms with Gasteiger partial charge in [0.15, 0.2) is 5.52 Å². The molecule has 2 heterocycles. The number of fused-ring (bicyclic) bond motifs is 1. The SMILES string of the molecule is CCOc1nc(NCC2CC2)nc2ccc(-c3ccc(F)cc3)nc12. The topological polar surface area (TPSA) is 59.9 Å². The first-order valence-corrected chi connectivity index (χ1v) is 8.54. The lowest BCUT2D eigenvalue weighted by molar-refractivity contribution is 0.330. The molecule has 4 rings (SSSR count). The van der Waals surface area contributed by atoms with Crippen LogP contribution < -0.4 is 10.1 Å². The van der Waals surface area contributed by atoms with E-state index in [-0.39, 0.29) is 5.82 Å². The Morgan fingerprint density at radius 1 is 1.08 bits per heavy atom. The third-order valence-electron chi connectivity index (χ3n) is 4.18.